The molecule has 0 radical (unpaired) electrons. The highest BCUT2D eigenvalue weighted by Crippen LogP contribution is 2.36. The van der Waals surface area contributed by atoms with Crippen LogP contribution in [0.5, 0.6) is 11.5 Å². The lowest BCUT2D eigenvalue weighted by Crippen LogP contribution is -1.99. The van der Waals surface area contributed by atoms with Crippen molar-refractivity contribution in [1.29, 1.82) is 0 Å². The van der Waals surface area contributed by atoms with Crippen molar-refractivity contribution < 1.29 is 10.2 Å². The first-order valence-corrected chi connectivity index (χ1v) is 9.36. The van der Waals surface area contributed by atoms with Gasteiger partial charge in [0.2, 0.25) is 10.3 Å². The van der Waals surface area contributed by atoms with Gasteiger partial charge in [0.1, 0.15) is 11.5 Å². The predicted octanol–water partition coefficient (Wildman–Crippen LogP) is 1.85. The van der Waals surface area contributed by atoms with Gasteiger partial charge in [0.05, 0.1) is 11.4 Å². The van der Waals surface area contributed by atoms with Crippen LogP contribution in [0.2, 0.25) is 0 Å². The third-order valence-electron chi connectivity index (χ3n) is 3.22. The number of aromatic hydroxyl groups is 2. The van der Waals surface area contributed by atoms with Crippen molar-refractivity contribution >= 4 is 21.6 Å². The second-order valence-electron chi connectivity index (χ2n) is 4.95. The first-order valence-electron chi connectivity index (χ1n) is 7.21. The minimum atomic E-state index is 0.120. The molecule has 12 heteroatoms. The zero-order chi connectivity index (χ0) is 17.9. The lowest BCUT2D eigenvalue weighted by molar-refractivity contribution is 0.474. The molecule has 4 rings (SSSR count). The molecule has 0 atom stereocenters. The summed E-state index contributed by atoms with van der Waals surface area (Å²) in [5, 5.41) is 43.4. The van der Waals surface area contributed by atoms with Crippen LogP contribution in [0.1, 0.15) is 0 Å². The average molecular weight is 386 g/mol. The van der Waals surface area contributed by atoms with Gasteiger partial charge in [-0.15, -0.1) is 10.2 Å². The summed E-state index contributed by atoms with van der Waals surface area (Å²) < 4.78 is 3.00. The van der Waals surface area contributed by atoms with E-state index in [-0.39, 0.29) is 11.5 Å². The Morgan fingerprint density at radius 3 is 1.58 bits per heavy atom. The van der Waals surface area contributed by atoms with E-state index in [1.807, 2.05) is 0 Å². The van der Waals surface area contributed by atoms with Gasteiger partial charge >= 0.3 is 0 Å². The normalized spacial score (nSPS) is 10.9. The summed E-state index contributed by atoms with van der Waals surface area (Å²) >= 11 is 0. The van der Waals surface area contributed by atoms with E-state index in [4.69, 9.17) is 0 Å². The highest BCUT2D eigenvalue weighted by atomic mass is 33.1. The van der Waals surface area contributed by atoms with Gasteiger partial charge in [-0.2, -0.15) is 9.36 Å². The molecule has 10 nitrogen and oxygen atoms in total. The molecular formula is C14H10N8O2S2. The Balaban J connectivity index is 1.57. The highest BCUT2D eigenvalue weighted by molar-refractivity contribution is 8.76. The zero-order valence-corrected chi connectivity index (χ0v) is 14.5. The minimum Gasteiger partial charge on any atom is -0.508 e. The molecular weight excluding hydrogens is 376 g/mol. The van der Waals surface area contributed by atoms with Crippen molar-refractivity contribution in [3.63, 3.8) is 0 Å². The topological polar surface area (TPSA) is 128 Å². The fourth-order valence-corrected chi connectivity index (χ4v) is 3.89. The molecule has 0 amide bonds. The van der Waals surface area contributed by atoms with E-state index in [1.165, 1.54) is 31.0 Å². The van der Waals surface area contributed by atoms with Crippen LogP contribution < -0.4 is 0 Å². The van der Waals surface area contributed by atoms with Crippen LogP contribution in [-0.4, -0.2) is 50.6 Å². The summed E-state index contributed by atoms with van der Waals surface area (Å²) in [6, 6.07) is 13.2. The second kappa shape index (κ2) is 7.01. The van der Waals surface area contributed by atoms with Crippen LogP contribution in [0.4, 0.5) is 0 Å². The molecule has 0 aliphatic carbocycles. The molecule has 2 heterocycles. The molecule has 0 aliphatic rings. The SMILES string of the molecule is Oc1cccc(-n2nnnc2SSc2nnnn2-c2cccc(O)c2)c1. The standard InChI is InChI=1S/C14H10N8O2S2/c23-11-5-1-3-9(7-11)21-13(15-17-19-21)25-26-14-16-18-20-22(14)10-4-2-6-12(24)8-10/h1-8,23-24H. The van der Waals surface area contributed by atoms with Crippen LogP contribution in [0.25, 0.3) is 11.4 Å². The number of phenolic OH excluding ortho intramolecular Hbond substituents is 2. The molecule has 2 aromatic heterocycles. The lowest BCUT2D eigenvalue weighted by Gasteiger charge is -2.05. The van der Waals surface area contributed by atoms with Crippen molar-refractivity contribution in [1.82, 2.24) is 40.4 Å². The van der Waals surface area contributed by atoms with Crippen molar-refractivity contribution in [3.8, 4) is 22.9 Å². The van der Waals surface area contributed by atoms with E-state index in [0.717, 1.165) is 0 Å². The fourth-order valence-electron chi connectivity index (χ4n) is 2.11. The van der Waals surface area contributed by atoms with Gasteiger partial charge in [0.15, 0.2) is 0 Å². The summed E-state index contributed by atoms with van der Waals surface area (Å²) in [6.45, 7) is 0. The van der Waals surface area contributed by atoms with Crippen LogP contribution >= 0.6 is 21.6 Å². The maximum absolute atomic E-state index is 9.62. The Bertz CT molecular complexity index is 967. The molecule has 0 spiro atoms. The lowest BCUT2D eigenvalue weighted by atomic mass is 10.3. The zero-order valence-electron chi connectivity index (χ0n) is 12.9. The quantitative estimate of drug-likeness (QED) is 0.490. The maximum Gasteiger partial charge on any atom is 0.225 e. The van der Waals surface area contributed by atoms with E-state index in [2.05, 4.69) is 31.1 Å². The summed E-state index contributed by atoms with van der Waals surface area (Å²) in [4.78, 5) is 0. The predicted molar refractivity (Wildman–Crippen MR) is 93.4 cm³/mol. The van der Waals surface area contributed by atoms with Gasteiger partial charge in [0.25, 0.3) is 0 Å². The Morgan fingerprint density at radius 1 is 0.692 bits per heavy atom. The van der Waals surface area contributed by atoms with Gasteiger partial charge in [0, 0.05) is 12.1 Å². The number of aromatic nitrogens is 8. The van der Waals surface area contributed by atoms with Crippen molar-refractivity contribution in [2.45, 2.75) is 10.3 Å². The van der Waals surface area contributed by atoms with E-state index in [0.29, 0.717) is 21.7 Å². The van der Waals surface area contributed by atoms with Gasteiger partial charge in [-0.25, -0.2) is 0 Å². The molecule has 26 heavy (non-hydrogen) atoms. The molecule has 0 saturated heterocycles. The Morgan fingerprint density at radius 2 is 1.15 bits per heavy atom. The van der Waals surface area contributed by atoms with Gasteiger partial charge in [-0.05, 0) is 66.7 Å². The van der Waals surface area contributed by atoms with Crippen LogP contribution in [0.3, 0.4) is 0 Å². The number of rotatable bonds is 5. The van der Waals surface area contributed by atoms with Gasteiger partial charge in [-0.1, -0.05) is 12.1 Å². The third kappa shape index (κ3) is 3.32. The molecule has 2 aromatic carbocycles. The number of nitrogens with zero attached hydrogens (tertiary/aromatic N) is 8. The molecule has 0 saturated carbocycles. The van der Waals surface area contributed by atoms with Crippen LogP contribution in [-0.2, 0) is 0 Å². The number of benzene rings is 2. The third-order valence-corrected chi connectivity index (χ3v) is 5.26. The molecule has 4 aromatic rings. The van der Waals surface area contributed by atoms with Crippen molar-refractivity contribution in [3.05, 3.63) is 48.5 Å². The maximum atomic E-state index is 9.62. The average Bonchev–Trinajstić information content (AvgIpc) is 3.29. The number of tetrazole rings is 2. The van der Waals surface area contributed by atoms with E-state index < -0.39 is 0 Å². The molecule has 0 aliphatic heterocycles. The minimum absolute atomic E-state index is 0.120. The summed E-state index contributed by atoms with van der Waals surface area (Å²) in [7, 11) is 2.52. The van der Waals surface area contributed by atoms with Crippen LogP contribution in [0, 0.1) is 0 Å². The fraction of sp³-hybridized carbons (Fsp3) is 0. The first kappa shape index (κ1) is 16.4. The second-order valence-corrected chi connectivity index (χ2v) is 7.02. The highest BCUT2D eigenvalue weighted by Gasteiger charge is 2.15. The smallest absolute Gasteiger partial charge is 0.225 e. The Kier molecular flexibility index (Phi) is 4.41. The summed E-state index contributed by atoms with van der Waals surface area (Å²) in [6.07, 6.45) is 0. The van der Waals surface area contributed by atoms with Crippen LogP contribution in [0.15, 0.2) is 58.8 Å². The molecule has 2 N–H and O–H groups in total. The molecule has 0 fully saturated rings. The van der Waals surface area contributed by atoms with Crippen molar-refractivity contribution in [2.75, 3.05) is 0 Å². The number of hydrogen-bond acceptors (Lipinski definition) is 10. The van der Waals surface area contributed by atoms with E-state index >= 15 is 0 Å². The largest absolute Gasteiger partial charge is 0.508 e. The van der Waals surface area contributed by atoms with E-state index in [9.17, 15) is 10.2 Å². The van der Waals surface area contributed by atoms with Gasteiger partial charge in [-0.3, -0.25) is 0 Å². The molecule has 0 unspecified atom stereocenters. The monoisotopic (exact) mass is 386 g/mol. The molecule has 130 valence electrons. The Hall–Kier alpha value is -3.12. The molecule has 0 bridgehead atoms. The van der Waals surface area contributed by atoms with Gasteiger partial charge < -0.3 is 10.2 Å². The first-order chi connectivity index (χ1) is 12.7. The van der Waals surface area contributed by atoms with Crippen molar-refractivity contribution in [2.24, 2.45) is 0 Å². The summed E-state index contributed by atoms with van der Waals surface area (Å²) in [5.41, 5.74) is 1.26. The summed E-state index contributed by atoms with van der Waals surface area (Å²) in [5.74, 6) is 0.240. The number of hydrogen-bond donors (Lipinski definition) is 2. The number of phenols is 2. The Labute approximate surface area is 154 Å². The van der Waals surface area contributed by atoms with E-state index in [1.54, 1.807) is 48.5 Å².